The molecule has 2 N–H and O–H groups in total. The first-order chi connectivity index (χ1) is 9.66. The van der Waals surface area contributed by atoms with Crippen LogP contribution in [0.1, 0.15) is 29.0 Å². The Morgan fingerprint density at radius 1 is 1.20 bits per heavy atom. The Bertz CT molecular complexity index is 606. The van der Waals surface area contributed by atoms with Crippen LogP contribution < -0.4 is 5.73 Å². The average molecular weight is 290 g/mol. The van der Waals surface area contributed by atoms with E-state index in [0.29, 0.717) is 22.9 Å². The van der Waals surface area contributed by atoms with Crippen molar-refractivity contribution in [3.05, 3.63) is 70.0 Å². The number of rotatable bonds is 3. The van der Waals surface area contributed by atoms with Gasteiger partial charge in [-0.3, -0.25) is 0 Å². The summed E-state index contributed by atoms with van der Waals surface area (Å²) in [6.07, 6.45) is 2.57. The number of halogens is 2. The third kappa shape index (κ3) is 2.46. The van der Waals surface area contributed by atoms with E-state index < -0.39 is 0 Å². The summed E-state index contributed by atoms with van der Waals surface area (Å²) in [7, 11) is 0. The summed E-state index contributed by atoms with van der Waals surface area (Å²) in [5, 5.41) is 0.465. The molecule has 20 heavy (non-hydrogen) atoms. The van der Waals surface area contributed by atoms with Crippen LogP contribution in [0.2, 0.25) is 5.02 Å². The van der Waals surface area contributed by atoms with Crippen molar-refractivity contribution in [1.82, 2.24) is 0 Å². The Morgan fingerprint density at radius 2 is 2.00 bits per heavy atom. The van der Waals surface area contributed by atoms with Gasteiger partial charge in [0.25, 0.3) is 0 Å². The minimum absolute atomic E-state index is 0.104. The van der Waals surface area contributed by atoms with Crippen LogP contribution in [0, 0.1) is 5.82 Å². The highest BCUT2D eigenvalue weighted by molar-refractivity contribution is 6.31. The van der Waals surface area contributed by atoms with Crippen molar-refractivity contribution in [3.8, 4) is 0 Å². The minimum Gasteiger partial charge on any atom is -0.327 e. The van der Waals surface area contributed by atoms with E-state index >= 15 is 0 Å². The molecule has 2 atom stereocenters. The molecule has 3 rings (SSSR count). The van der Waals surface area contributed by atoms with Gasteiger partial charge in [-0.2, -0.15) is 0 Å². The molecule has 0 aromatic heterocycles. The SMILES string of the molecule is NC(Cc1c(F)cccc1Cl)C1CCc2ccccc21. The van der Waals surface area contributed by atoms with Crippen LogP contribution in [0.3, 0.4) is 0 Å². The maximum Gasteiger partial charge on any atom is 0.127 e. The van der Waals surface area contributed by atoms with Gasteiger partial charge in [-0.05, 0) is 48.4 Å². The van der Waals surface area contributed by atoms with Crippen molar-refractivity contribution in [2.45, 2.75) is 31.2 Å². The number of hydrogen-bond acceptors (Lipinski definition) is 1. The topological polar surface area (TPSA) is 26.0 Å². The summed E-state index contributed by atoms with van der Waals surface area (Å²) in [5.41, 5.74) is 9.55. The zero-order valence-corrected chi connectivity index (χ0v) is 11.9. The third-order valence-corrected chi connectivity index (χ3v) is 4.55. The Balaban J connectivity index is 1.83. The molecular formula is C17H17ClFN. The second-order valence-electron chi connectivity index (χ2n) is 5.41. The van der Waals surface area contributed by atoms with Crippen LogP contribution in [0.4, 0.5) is 4.39 Å². The van der Waals surface area contributed by atoms with Gasteiger partial charge in [0.05, 0.1) is 0 Å². The third-order valence-electron chi connectivity index (χ3n) is 4.20. The summed E-state index contributed by atoms with van der Waals surface area (Å²) < 4.78 is 13.9. The summed E-state index contributed by atoms with van der Waals surface area (Å²) in [4.78, 5) is 0. The van der Waals surface area contributed by atoms with E-state index in [1.165, 1.54) is 17.2 Å². The first kappa shape index (κ1) is 13.6. The van der Waals surface area contributed by atoms with Crippen molar-refractivity contribution < 1.29 is 4.39 Å². The first-order valence-electron chi connectivity index (χ1n) is 6.93. The van der Waals surface area contributed by atoms with Crippen LogP contribution >= 0.6 is 11.6 Å². The van der Waals surface area contributed by atoms with Crippen LogP contribution in [-0.2, 0) is 12.8 Å². The van der Waals surface area contributed by atoms with E-state index in [4.69, 9.17) is 17.3 Å². The number of benzene rings is 2. The van der Waals surface area contributed by atoms with Crippen molar-refractivity contribution in [3.63, 3.8) is 0 Å². The van der Waals surface area contributed by atoms with Crippen molar-refractivity contribution in [2.75, 3.05) is 0 Å². The predicted octanol–water partition coefficient (Wildman–Crippen LogP) is 4.08. The molecule has 2 unspecified atom stereocenters. The van der Waals surface area contributed by atoms with Crippen LogP contribution in [0.5, 0.6) is 0 Å². The molecule has 2 aromatic carbocycles. The maximum atomic E-state index is 13.9. The van der Waals surface area contributed by atoms with Gasteiger partial charge in [0.1, 0.15) is 5.82 Å². The van der Waals surface area contributed by atoms with E-state index in [1.54, 1.807) is 12.1 Å². The summed E-state index contributed by atoms with van der Waals surface area (Å²) in [5.74, 6) is 0.0288. The van der Waals surface area contributed by atoms with E-state index in [9.17, 15) is 4.39 Å². The molecule has 0 saturated heterocycles. The monoisotopic (exact) mass is 289 g/mol. The van der Waals surface area contributed by atoms with Crippen LogP contribution in [-0.4, -0.2) is 6.04 Å². The Morgan fingerprint density at radius 3 is 2.80 bits per heavy atom. The lowest BCUT2D eigenvalue weighted by Crippen LogP contribution is -2.30. The van der Waals surface area contributed by atoms with Crippen LogP contribution in [0.25, 0.3) is 0 Å². The fourth-order valence-electron chi connectivity index (χ4n) is 3.14. The van der Waals surface area contributed by atoms with Crippen molar-refractivity contribution in [1.29, 1.82) is 0 Å². The van der Waals surface area contributed by atoms with Crippen molar-refractivity contribution >= 4 is 11.6 Å². The van der Waals surface area contributed by atoms with Gasteiger partial charge in [-0.1, -0.05) is 41.9 Å². The fraction of sp³-hybridized carbons (Fsp3) is 0.294. The zero-order valence-electron chi connectivity index (χ0n) is 11.2. The fourth-order valence-corrected chi connectivity index (χ4v) is 3.38. The predicted molar refractivity (Wildman–Crippen MR) is 80.6 cm³/mol. The second-order valence-corrected chi connectivity index (χ2v) is 5.82. The summed E-state index contributed by atoms with van der Waals surface area (Å²) in [6.45, 7) is 0. The number of nitrogens with two attached hydrogens (primary N) is 1. The molecule has 0 fully saturated rings. The molecule has 0 aliphatic heterocycles. The smallest absolute Gasteiger partial charge is 0.127 e. The number of fused-ring (bicyclic) bond motifs is 1. The molecule has 0 bridgehead atoms. The molecule has 104 valence electrons. The van der Waals surface area contributed by atoms with E-state index in [-0.39, 0.29) is 11.9 Å². The number of hydrogen-bond donors (Lipinski definition) is 1. The van der Waals surface area contributed by atoms with Gasteiger partial charge in [0.15, 0.2) is 0 Å². The highest BCUT2D eigenvalue weighted by atomic mass is 35.5. The lowest BCUT2D eigenvalue weighted by molar-refractivity contribution is 0.510. The molecule has 0 spiro atoms. The molecule has 3 heteroatoms. The lowest BCUT2D eigenvalue weighted by atomic mass is 9.89. The highest BCUT2D eigenvalue weighted by Crippen LogP contribution is 2.36. The maximum absolute atomic E-state index is 13.9. The van der Waals surface area contributed by atoms with Crippen LogP contribution in [0.15, 0.2) is 42.5 Å². The Labute approximate surface area is 123 Å². The molecule has 1 aliphatic carbocycles. The molecular weight excluding hydrogens is 273 g/mol. The van der Waals surface area contributed by atoms with E-state index in [2.05, 4.69) is 18.2 Å². The molecule has 0 radical (unpaired) electrons. The highest BCUT2D eigenvalue weighted by Gasteiger charge is 2.28. The summed E-state index contributed by atoms with van der Waals surface area (Å²) in [6, 6.07) is 13.1. The first-order valence-corrected chi connectivity index (χ1v) is 7.31. The van der Waals surface area contributed by atoms with Gasteiger partial charge in [0, 0.05) is 16.6 Å². The second kappa shape index (κ2) is 5.55. The van der Waals surface area contributed by atoms with Gasteiger partial charge < -0.3 is 5.73 Å². The Hall–Kier alpha value is -1.38. The lowest BCUT2D eigenvalue weighted by Gasteiger charge is -2.21. The number of aryl methyl sites for hydroxylation is 1. The van der Waals surface area contributed by atoms with Gasteiger partial charge in [0.2, 0.25) is 0 Å². The zero-order chi connectivity index (χ0) is 14.1. The molecule has 0 heterocycles. The van der Waals surface area contributed by atoms with Gasteiger partial charge in [-0.25, -0.2) is 4.39 Å². The molecule has 2 aromatic rings. The molecule has 1 aliphatic rings. The van der Waals surface area contributed by atoms with E-state index in [0.717, 1.165) is 12.8 Å². The molecule has 1 nitrogen and oxygen atoms in total. The average Bonchev–Trinajstić information content (AvgIpc) is 2.87. The quantitative estimate of drug-likeness (QED) is 0.905. The minimum atomic E-state index is -0.265. The van der Waals surface area contributed by atoms with E-state index in [1.807, 2.05) is 6.07 Å². The Kier molecular flexibility index (Phi) is 3.77. The van der Waals surface area contributed by atoms with Crippen molar-refractivity contribution in [2.24, 2.45) is 5.73 Å². The summed E-state index contributed by atoms with van der Waals surface area (Å²) >= 11 is 6.08. The standard InChI is InChI=1S/C17H17ClFN/c18-15-6-3-7-16(19)14(15)10-17(20)13-9-8-11-4-1-2-5-12(11)13/h1-7,13,17H,8-10,20H2. The van der Waals surface area contributed by atoms with Gasteiger partial charge in [-0.15, -0.1) is 0 Å². The molecule has 0 amide bonds. The van der Waals surface area contributed by atoms with Gasteiger partial charge >= 0.3 is 0 Å². The molecule has 0 saturated carbocycles. The normalized spacial score (nSPS) is 18.9. The largest absolute Gasteiger partial charge is 0.327 e.